The highest BCUT2D eigenvalue weighted by Gasteiger charge is 2.30. The lowest BCUT2D eigenvalue weighted by atomic mass is 10.00. The Morgan fingerprint density at radius 1 is 1.47 bits per heavy atom. The standard InChI is InChI=1S/C13H17ClN2O3/c1-8-6-5-7-10(11(8)16(18)19)12(17)15-13(3,4)9(2)14/h5-7,9H,1-4H3,(H,15,17). The van der Waals surface area contributed by atoms with Crippen LogP contribution in [0, 0.1) is 17.0 Å². The van der Waals surface area contributed by atoms with E-state index in [4.69, 9.17) is 11.6 Å². The third-order valence-corrected chi connectivity index (χ3v) is 3.64. The van der Waals surface area contributed by atoms with Gasteiger partial charge in [0.25, 0.3) is 11.6 Å². The molecule has 1 amide bonds. The molecule has 1 aromatic rings. The lowest BCUT2D eigenvalue weighted by Gasteiger charge is -2.28. The smallest absolute Gasteiger partial charge is 0.285 e. The largest absolute Gasteiger partial charge is 0.345 e. The normalized spacial score (nSPS) is 12.9. The molecule has 0 aliphatic heterocycles. The summed E-state index contributed by atoms with van der Waals surface area (Å²) >= 11 is 5.99. The maximum Gasteiger partial charge on any atom is 0.285 e. The predicted molar refractivity (Wildman–Crippen MR) is 74.7 cm³/mol. The number of alkyl halides is 1. The lowest BCUT2D eigenvalue weighted by molar-refractivity contribution is -0.385. The van der Waals surface area contributed by atoms with Gasteiger partial charge >= 0.3 is 0 Å². The number of carbonyl (C=O) groups is 1. The maximum atomic E-state index is 12.2. The second kappa shape index (κ2) is 5.57. The summed E-state index contributed by atoms with van der Waals surface area (Å²) in [6.07, 6.45) is 0. The first-order valence-corrected chi connectivity index (χ1v) is 6.31. The molecule has 19 heavy (non-hydrogen) atoms. The number of hydrogen-bond acceptors (Lipinski definition) is 3. The number of para-hydroxylation sites is 1. The Bertz CT molecular complexity index is 513. The number of rotatable bonds is 4. The first-order valence-electron chi connectivity index (χ1n) is 5.87. The molecule has 0 spiro atoms. The highest BCUT2D eigenvalue weighted by Crippen LogP contribution is 2.24. The molecule has 5 nitrogen and oxygen atoms in total. The van der Waals surface area contributed by atoms with Crippen molar-refractivity contribution in [3.63, 3.8) is 0 Å². The summed E-state index contributed by atoms with van der Waals surface area (Å²) in [7, 11) is 0. The third-order valence-electron chi connectivity index (χ3n) is 3.10. The van der Waals surface area contributed by atoms with Crippen molar-refractivity contribution in [2.45, 2.75) is 38.6 Å². The summed E-state index contributed by atoms with van der Waals surface area (Å²) in [5.74, 6) is -0.493. The number of nitro groups is 1. The van der Waals surface area contributed by atoms with Crippen LogP contribution in [0.4, 0.5) is 5.69 Å². The van der Waals surface area contributed by atoms with Crippen molar-refractivity contribution >= 4 is 23.2 Å². The van der Waals surface area contributed by atoms with Crippen LogP contribution < -0.4 is 5.32 Å². The van der Waals surface area contributed by atoms with Gasteiger partial charge in [0.2, 0.25) is 0 Å². The minimum atomic E-state index is -0.656. The second-order valence-electron chi connectivity index (χ2n) is 5.02. The van der Waals surface area contributed by atoms with Crippen LogP contribution in [0.15, 0.2) is 18.2 Å². The maximum absolute atomic E-state index is 12.2. The van der Waals surface area contributed by atoms with Gasteiger partial charge in [-0.05, 0) is 33.8 Å². The van der Waals surface area contributed by atoms with Crippen molar-refractivity contribution < 1.29 is 9.72 Å². The topological polar surface area (TPSA) is 72.2 Å². The molecule has 1 unspecified atom stereocenters. The van der Waals surface area contributed by atoms with E-state index in [9.17, 15) is 14.9 Å². The molecule has 0 aliphatic carbocycles. The van der Waals surface area contributed by atoms with Crippen LogP contribution >= 0.6 is 11.6 Å². The summed E-state index contributed by atoms with van der Waals surface area (Å²) < 4.78 is 0. The lowest BCUT2D eigenvalue weighted by Crippen LogP contribution is -2.49. The zero-order valence-electron chi connectivity index (χ0n) is 11.4. The van der Waals surface area contributed by atoms with E-state index in [2.05, 4.69) is 5.32 Å². The first kappa shape index (κ1) is 15.4. The number of nitrogens with one attached hydrogen (secondary N) is 1. The molecule has 6 heteroatoms. The van der Waals surface area contributed by atoms with Crippen LogP contribution in [-0.2, 0) is 0 Å². The molecule has 1 rings (SSSR count). The molecule has 0 aromatic heterocycles. The highest BCUT2D eigenvalue weighted by atomic mass is 35.5. The monoisotopic (exact) mass is 284 g/mol. The van der Waals surface area contributed by atoms with Gasteiger partial charge in [0.05, 0.1) is 15.8 Å². The van der Waals surface area contributed by atoms with E-state index in [0.717, 1.165) is 0 Å². The van der Waals surface area contributed by atoms with Crippen LogP contribution in [0.2, 0.25) is 0 Å². The van der Waals surface area contributed by atoms with Crippen molar-refractivity contribution in [3.8, 4) is 0 Å². The van der Waals surface area contributed by atoms with E-state index in [1.807, 2.05) is 0 Å². The molecule has 0 saturated heterocycles. The van der Waals surface area contributed by atoms with Crippen molar-refractivity contribution in [3.05, 3.63) is 39.4 Å². The highest BCUT2D eigenvalue weighted by molar-refractivity contribution is 6.21. The van der Waals surface area contributed by atoms with Gasteiger partial charge in [0.15, 0.2) is 0 Å². The summed E-state index contributed by atoms with van der Waals surface area (Å²) in [5, 5.41) is 13.5. The average Bonchev–Trinajstić information content (AvgIpc) is 2.27. The number of nitro benzene ring substituents is 1. The summed E-state index contributed by atoms with van der Waals surface area (Å²) in [4.78, 5) is 22.7. The fourth-order valence-corrected chi connectivity index (χ4v) is 1.60. The Balaban J connectivity index is 3.15. The molecule has 0 saturated carbocycles. The van der Waals surface area contributed by atoms with E-state index in [1.54, 1.807) is 39.8 Å². The molecule has 0 fully saturated rings. The quantitative estimate of drug-likeness (QED) is 0.525. The van der Waals surface area contributed by atoms with Gasteiger partial charge in [-0.1, -0.05) is 12.1 Å². The van der Waals surface area contributed by atoms with Crippen LogP contribution in [0.1, 0.15) is 36.7 Å². The Morgan fingerprint density at radius 3 is 2.53 bits per heavy atom. The number of nitrogens with zero attached hydrogens (tertiary/aromatic N) is 1. The SMILES string of the molecule is Cc1cccc(C(=O)NC(C)(C)C(C)Cl)c1[N+](=O)[O-]. The number of hydrogen-bond donors (Lipinski definition) is 1. The van der Waals surface area contributed by atoms with Gasteiger partial charge in [0.1, 0.15) is 5.56 Å². The Labute approximate surface area is 117 Å². The number of benzene rings is 1. The van der Waals surface area contributed by atoms with Crippen molar-refractivity contribution in [1.82, 2.24) is 5.32 Å². The molecule has 0 radical (unpaired) electrons. The number of aryl methyl sites for hydroxylation is 1. The van der Waals surface area contributed by atoms with Gasteiger partial charge < -0.3 is 5.32 Å². The molecular weight excluding hydrogens is 268 g/mol. The van der Waals surface area contributed by atoms with Gasteiger partial charge in [-0.2, -0.15) is 0 Å². The van der Waals surface area contributed by atoms with Gasteiger partial charge in [-0.25, -0.2) is 0 Å². The molecule has 104 valence electrons. The number of carbonyl (C=O) groups excluding carboxylic acids is 1. The predicted octanol–water partition coefficient (Wildman–Crippen LogP) is 3.04. The average molecular weight is 285 g/mol. The van der Waals surface area contributed by atoms with E-state index in [1.165, 1.54) is 6.07 Å². The van der Waals surface area contributed by atoms with Crippen LogP contribution in [0.25, 0.3) is 0 Å². The molecule has 1 N–H and O–H groups in total. The number of halogens is 1. The van der Waals surface area contributed by atoms with Crippen LogP contribution in [-0.4, -0.2) is 21.7 Å². The fraction of sp³-hybridized carbons (Fsp3) is 0.462. The minimum Gasteiger partial charge on any atom is -0.345 e. The van der Waals surface area contributed by atoms with Crippen molar-refractivity contribution in [1.29, 1.82) is 0 Å². The van der Waals surface area contributed by atoms with Crippen molar-refractivity contribution in [2.75, 3.05) is 0 Å². The Hall–Kier alpha value is -1.62. The summed E-state index contributed by atoms with van der Waals surface area (Å²) in [6.45, 7) is 6.89. The minimum absolute atomic E-state index is 0.0513. The summed E-state index contributed by atoms with van der Waals surface area (Å²) in [6, 6.07) is 4.66. The van der Waals surface area contributed by atoms with E-state index < -0.39 is 16.4 Å². The van der Waals surface area contributed by atoms with Gasteiger partial charge in [-0.15, -0.1) is 11.6 Å². The third kappa shape index (κ3) is 3.44. The van der Waals surface area contributed by atoms with E-state index in [0.29, 0.717) is 5.56 Å². The van der Waals surface area contributed by atoms with Crippen LogP contribution in [0.5, 0.6) is 0 Å². The second-order valence-corrected chi connectivity index (χ2v) is 5.67. The Morgan fingerprint density at radius 2 is 2.05 bits per heavy atom. The van der Waals surface area contributed by atoms with Crippen LogP contribution in [0.3, 0.4) is 0 Å². The Kier molecular flexibility index (Phi) is 4.52. The summed E-state index contributed by atoms with van der Waals surface area (Å²) in [5.41, 5.74) is -0.321. The number of amides is 1. The van der Waals surface area contributed by atoms with E-state index in [-0.39, 0.29) is 16.6 Å². The molecule has 1 atom stereocenters. The zero-order valence-corrected chi connectivity index (χ0v) is 12.1. The fourth-order valence-electron chi connectivity index (χ4n) is 1.54. The molecular formula is C13H17ClN2O3. The first-order chi connectivity index (χ1) is 8.66. The molecule has 0 aliphatic rings. The molecule has 0 bridgehead atoms. The van der Waals surface area contributed by atoms with E-state index >= 15 is 0 Å². The molecule has 1 aromatic carbocycles. The molecule has 0 heterocycles. The van der Waals surface area contributed by atoms with Gasteiger partial charge in [-0.3, -0.25) is 14.9 Å². The van der Waals surface area contributed by atoms with Gasteiger partial charge in [0, 0.05) is 5.56 Å². The zero-order chi connectivity index (χ0) is 14.8. The van der Waals surface area contributed by atoms with Crippen molar-refractivity contribution in [2.24, 2.45) is 0 Å².